The minimum atomic E-state index is -6.00. The van der Waals surface area contributed by atoms with Crippen LogP contribution in [0.2, 0.25) is 0 Å². The standard InChI is InChI=1S/C9H19O2.BF4/c1-3-5-7-10-9-11-8-6-4-2;2-1(3,4)5/h9H,3-8H2,1-2H3;/q+1;-1. The molecule has 0 aromatic rings. The quantitative estimate of drug-likeness (QED) is 0.278. The first kappa shape index (κ1) is 18.0. The fourth-order valence-electron chi connectivity index (χ4n) is 0.600. The molecule has 0 aromatic carbocycles. The largest absolute Gasteiger partial charge is 0.673 e. The van der Waals surface area contributed by atoms with Crippen LogP contribution in [0.4, 0.5) is 17.3 Å². The lowest BCUT2D eigenvalue weighted by atomic mass is 10.3. The van der Waals surface area contributed by atoms with Gasteiger partial charge >= 0.3 is 14.0 Å². The number of hydrogen-bond donors (Lipinski definition) is 0. The van der Waals surface area contributed by atoms with Crippen molar-refractivity contribution in [2.24, 2.45) is 0 Å². The zero-order valence-electron chi connectivity index (χ0n) is 9.73. The summed E-state index contributed by atoms with van der Waals surface area (Å²) in [5.41, 5.74) is 0. The van der Waals surface area contributed by atoms with Crippen LogP contribution < -0.4 is 0 Å². The van der Waals surface area contributed by atoms with E-state index in [1.165, 1.54) is 19.6 Å². The van der Waals surface area contributed by atoms with Gasteiger partial charge in [-0.1, -0.05) is 26.7 Å². The van der Waals surface area contributed by atoms with Gasteiger partial charge in [-0.15, -0.1) is 0 Å². The Bertz CT molecular complexity index is 119. The molecule has 0 unspecified atom stereocenters. The van der Waals surface area contributed by atoms with Gasteiger partial charge in [-0.25, -0.2) is 0 Å². The summed E-state index contributed by atoms with van der Waals surface area (Å²) in [6.07, 6.45) is 4.55. The molecule has 0 fully saturated rings. The maximum absolute atomic E-state index is 9.75. The fraction of sp³-hybridized carbons (Fsp3) is 0.889. The number of hydrogen-bond acceptors (Lipinski definition) is 2. The molecule has 0 spiro atoms. The van der Waals surface area contributed by atoms with Crippen LogP contribution in [0, 0.1) is 6.79 Å². The van der Waals surface area contributed by atoms with E-state index >= 15 is 0 Å². The molecule has 2 nitrogen and oxygen atoms in total. The van der Waals surface area contributed by atoms with Gasteiger partial charge in [0.1, 0.15) is 13.2 Å². The van der Waals surface area contributed by atoms with Crippen molar-refractivity contribution < 1.29 is 26.7 Å². The first-order chi connectivity index (χ1) is 7.41. The predicted octanol–water partition coefficient (Wildman–Crippen LogP) is 4.04. The second-order valence-electron chi connectivity index (χ2n) is 3.04. The first-order valence-electron chi connectivity index (χ1n) is 5.34. The molecule has 16 heavy (non-hydrogen) atoms. The molecule has 0 aliphatic rings. The van der Waals surface area contributed by atoms with Crippen molar-refractivity contribution in [3.8, 4) is 0 Å². The third-order valence-corrected chi connectivity index (χ3v) is 1.37. The van der Waals surface area contributed by atoms with Gasteiger partial charge < -0.3 is 17.3 Å². The lowest BCUT2D eigenvalue weighted by Crippen LogP contribution is -2.02. The maximum Gasteiger partial charge on any atom is 0.673 e. The Morgan fingerprint density at radius 3 is 1.44 bits per heavy atom. The van der Waals surface area contributed by atoms with Crippen LogP contribution in [0.5, 0.6) is 0 Å². The highest BCUT2D eigenvalue weighted by molar-refractivity contribution is 6.50. The molecule has 0 N–H and O–H groups in total. The monoisotopic (exact) mass is 246 g/mol. The minimum Gasteiger partial charge on any atom is -0.418 e. The summed E-state index contributed by atoms with van der Waals surface area (Å²) in [7, 11) is -6.00. The minimum absolute atomic E-state index is 0.780. The van der Waals surface area contributed by atoms with E-state index in [9.17, 15) is 17.3 Å². The van der Waals surface area contributed by atoms with Crippen molar-refractivity contribution in [1.29, 1.82) is 0 Å². The molecule has 98 valence electrons. The lowest BCUT2D eigenvalue weighted by Gasteiger charge is -1.94. The zero-order valence-corrected chi connectivity index (χ0v) is 9.73. The first-order valence-corrected chi connectivity index (χ1v) is 5.34. The van der Waals surface area contributed by atoms with E-state index < -0.39 is 7.25 Å². The van der Waals surface area contributed by atoms with Crippen molar-refractivity contribution in [3.05, 3.63) is 6.79 Å². The molecular formula is C9H19BF4O2. The predicted molar refractivity (Wildman–Crippen MR) is 56.2 cm³/mol. The average molecular weight is 246 g/mol. The Labute approximate surface area is 94.4 Å². The smallest absolute Gasteiger partial charge is 0.418 e. The van der Waals surface area contributed by atoms with Crippen LogP contribution in [0.3, 0.4) is 0 Å². The van der Waals surface area contributed by atoms with Crippen LogP contribution in [0.25, 0.3) is 0 Å². The van der Waals surface area contributed by atoms with E-state index in [4.69, 9.17) is 9.47 Å². The maximum atomic E-state index is 9.75. The highest BCUT2D eigenvalue weighted by Gasteiger charge is 2.20. The number of unbranched alkanes of at least 4 members (excludes halogenated alkanes) is 2. The molecule has 0 heterocycles. The SMILES string of the molecule is CCCCO[CH+]OCCCC.F[B-](F)(F)F. The van der Waals surface area contributed by atoms with Gasteiger partial charge in [-0.3, -0.25) is 0 Å². The summed E-state index contributed by atoms with van der Waals surface area (Å²) < 4.78 is 49.1. The van der Waals surface area contributed by atoms with Crippen LogP contribution in [-0.4, -0.2) is 20.5 Å². The van der Waals surface area contributed by atoms with Gasteiger partial charge in [0.15, 0.2) is 0 Å². The van der Waals surface area contributed by atoms with Gasteiger partial charge in [0.25, 0.3) is 0 Å². The summed E-state index contributed by atoms with van der Waals surface area (Å²) >= 11 is 0. The van der Waals surface area contributed by atoms with E-state index in [-0.39, 0.29) is 0 Å². The fourth-order valence-corrected chi connectivity index (χ4v) is 0.600. The Balaban J connectivity index is 0. The van der Waals surface area contributed by atoms with Crippen molar-refractivity contribution >= 4 is 7.25 Å². The summed E-state index contributed by atoms with van der Waals surface area (Å²) in [5.74, 6) is 0. The van der Waals surface area contributed by atoms with Crippen LogP contribution >= 0.6 is 0 Å². The van der Waals surface area contributed by atoms with Gasteiger partial charge in [0.2, 0.25) is 0 Å². The Hall–Kier alpha value is -0.425. The van der Waals surface area contributed by atoms with E-state index in [2.05, 4.69) is 13.8 Å². The Morgan fingerprint density at radius 2 is 1.19 bits per heavy atom. The molecule has 0 radical (unpaired) electrons. The van der Waals surface area contributed by atoms with Gasteiger partial charge in [0.05, 0.1) is 0 Å². The van der Waals surface area contributed by atoms with Crippen LogP contribution in [0.1, 0.15) is 39.5 Å². The summed E-state index contributed by atoms with van der Waals surface area (Å²) in [6, 6.07) is 0. The highest BCUT2D eigenvalue weighted by Crippen LogP contribution is 2.06. The van der Waals surface area contributed by atoms with Crippen molar-refractivity contribution in [2.75, 3.05) is 13.2 Å². The van der Waals surface area contributed by atoms with Crippen molar-refractivity contribution in [3.63, 3.8) is 0 Å². The summed E-state index contributed by atoms with van der Waals surface area (Å²) in [5, 5.41) is 0. The average Bonchev–Trinajstić information content (AvgIpc) is 2.14. The molecule has 0 saturated heterocycles. The highest BCUT2D eigenvalue weighted by atomic mass is 19.5. The number of halogens is 4. The molecule has 0 aromatic heterocycles. The van der Waals surface area contributed by atoms with E-state index in [0.29, 0.717) is 0 Å². The normalized spacial score (nSPS) is 10.6. The van der Waals surface area contributed by atoms with E-state index in [0.717, 1.165) is 26.1 Å². The van der Waals surface area contributed by atoms with Crippen molar-refractivity contribution in [1.82, 2.24) is 0 Å². The third kappa shape index (κ3) is 37.4. The number of rotatable bonds is 8. The summed E-state index contributed by atoms with van der Waals surface area (Å²) in [6.45, 7) is 7.30. The Morgan fingerprint density at radius 1 is 0.875 bits per heavy atom. The van der Waals surface area contributed by atoms with Crippen LogP contribution in [-0.2, 0) is 9.47 Å². The van der Waals surface area contributed by atoms with Gasteiger partial charge in [-0.05, 0) is 12.8 Å². The molecule has 0 rings (SSSR count). The van der Waals surface area contributed by atoms with E-state index in [1.807, 2.05) is 0 Å². The topological polar surface area (TPSA) is 18.5 Å². The second kappa shape index (κ2) is 12.6. The molecule has 0 aliphatic carbocycles. The van der Waals surface area contributed by atoms with E-state index in [1.54, 1.807) is 0 Å². The zero-order chi connectivity index (χ0) is 12.9. The van der Waals surface area contributed by atoms with Gasteiger partial charge in [0, 0.05) is 0 Å². The van der Waals surface area contributed by atoms with Gasteiger partial charge in [-0.2, -0.15) is 9.47 Å². The van der Waals surface area contributed by atoms with Crippen LogP contribution in [0.15, 0.2) is 0 Å². The summed E-state index contributed by atoms with van der Waals surface area (Å²) in [4.78, 5) is 0. The third-order valence-electron chi connectivity index (χ3n) is 1.37. The second-order valence-corrected chi connectivity index (χ2v) is 3.04. The molecule has 7 heteroatoms. The Kier molecular flexibility index (Phi) is 14.2. The molecule has 0 amide bonds. The lowest BCUT2D eigenvalue weighted by molar-refractivity contribution is 0.0186. The molecule has 0 atom stereocenters. The molecule has 0 aliphatic heterocycles. The van der Waals surface area contributed by atoms with Crippen molar-refractivity contribution in [2.45, 2.75) is 39.5 Å². The molecule has 0 bridgehead atoms. The number of ether oxygens (including phenoxy) is 2. The molecule has 0 saturated carbocycles. The molecular weight excluding hydrogens is 227 g/mol.